The van der Waals surface area contributed by atoms with Gasteiger partial charge in [-0.2, -0.15) is 0 Å². The van der Waals surface area contributed by atoms with Crippen molar-refractivity contribution >= 4 is 34.7 Å². The highest BCUT2D eigenvalue weighted by Crippen LogP contribution is 2.24. The van der Waals surface area contributed by atoms with Gasteiger partial charge in [0.25, 0.3) is 11.8 Å². The molecule has 9 heteroatoms. The first kappa shape index (κ1) is 21.4. The zero-order valence-electron chi connectivity index (χ0n) is 17.1. The fourth-order valence-electron chi connectivity index (χ4n) is 3.60. The molecule has 0 bridgehead atoms. The second-order valence-electron chi connectivity index (χ2n) is 7.23. The highest BCUT2D eigenvalue weighted by molar-refractivity contribution is 6.08. The highest BCUT2D eigenvalue weighted by Gasteiger charge is 2.49. The van der Waals surface area contributed by atoms with Gasteiger partial charge in [-0.15, -0.1) is 0 Å². The molecule has 1 saturated heterocycles. The predicted octanol–water partition coefficient (Wildman–Crippen LogP) is 1.48. The Morgan fingerprint density at radius 3 is 2.60 bits per heavy atom. The maximum Gasteiger partial charge on any atom is 0.326 e. The van der Waals surface area contributed by atoms with Crippen LogP contribution in [0.1, 0.15) is 32.3 Å². The van der Waals surface area contributed by atoms with Gasteiger partial charge < -0.3 is 20.4 Å². The molecule has 0 saturated carbocycles. The summed E-state index contributed by atoms with van der Waals surface area (Å²) in [4.78, 5) is 52.5. The van der Waals surface area contributed by atoms with E-state index in [1.807, 2.05) is 30.5 Å². The molecule has 2 aromatic rings. The van der Waals surface area contributed by atoms with E-state index < -0.39 is 42.5 Å². The SMILES string of the molecule is CCC1(CC)NC(=O)N(CC(=O)OCC(=O)NCCc2c[nH]c3ccccc23)C1=O. The molecule has 0 radical (unpaired) electrons. The van der Waals surface area contributed by atoms with Crippen molar-refractivity contribution in [2.24, 2.45) is 0 Å². The maximum absolute atomic E-state index is 12.5. The summed E-state index contributed by atoms with van der Waals surface area (Å²) in [6.07, 6.45) is 3.39. The van der Waals surface area contributed by atoms with E-state index in [0.29, 0.717) is 25.8 Å². The van der Waals surface area contributed by atoms with E-state index in [9.17, 15) is 19.2 Å². The van der Waals surface area contributed by atoms with E-state index in [-0.39, 0.29) is 0 Å². The van der Waals surface area contributed by atoms with Gasteiger partial charge in [-0.25, -0.2) is 4.79 Å². The van der Waals surface area contributed by atoms with E-state index in [1.54, 1.807) is 13.8 Å². The molecule has 3 rings (SSSR count). The molecule has 1 aromatic heterocycles. The Labute approximate surface area is 174 Å². The van der Waals surface area contributed by atoms with E-state index >= 15 is 0 Å². The number of aromatic nitrogens is 1. The zero-order valence-corrected chi connectivity index (χ0v) is 17.1. The molecule has 30 heavy (non-hydrogen) atoms. The molecule has 0 atom stereocenters. The zero-order chi connectivity index (χ0) is 21.7. The van der Waals surface area contributed by atoms with Gasteiger partial charge in [0.1, 0.15) is 12.1 Å². The van der Waals surface area contributed by atoms with Crippen molar-refractivity contribution in [3.63, 3.8) is 0 Å². The maximum atomic E-state index is 12.5. The number of fused-ring (bicyclic) bond motifs is 1. The largest absolute Gasteiger partial charge is 0.454 e. The number of nitrogens with zero attached hydrogens (tertiary/aromatic N) is 1. The number of H-pyrrole nitrogens is 1. The first-order valence-electron chi connectivity index (χ1n) is 10.0. The first-order chi connectivity index (χ1) is 14.4. The second kappa shape index (κ2) is 8.98. The molecule has 2 heterocycles. The number of carbonyl (C=O) groups is 4. The van der Waals surface area contributed by atoms with Gasteiger partial charge in [0, 0.05) is 23.6 Å². The van der Waals surface area contributed by atoms with Gasteiger partial charge in [0.2, 0.25) is 0 Å². The van der Waals surface area contributed by atoms with E-state index in [2.05, 4.69) is 15.6 Å². The molecule has 1 aliphatic rings. The number of imide groups is 1. The van der Waals surface area contributed by atoms with Crippen LogP contribution in [0.5, 0.6) is 0 Å². The minimum absolute atomic E-state index is 0.390. The van der Waals surface area contributed by atoms with Crippen molar-refractivity contribution in [3.8, 4) is 0 Å². The van der Waals surface area contributed by atoms with Crippen molar-refractivity contribution in [1.29, 1.82) is 0 Å². The molecule has 1 aromatic carbocycles. The molecular formula is C21H26N4O5. The van der Waals surface area contributed by atoms with Gasteiger partial charge in [-0.05, 0) is 30.9 Å². The van der Waals surface area contributed by atoms with Crippen LogP contribution in [0.15, 0.2) is 30.5 Å². The molecule has 1 fully saturated rings. The van der Waals surface area contributed by atoms with Crippen molar-refractivity contribution in [2.45, 2.75) is 38.6 Å². The molecule has 0 aliphatic carbocycles. The van der Waals surface area contributed by atoms with Crippen molar-refractivity contribution in [2.75, 3.05) is 19.7 Å². The minimum Gasteiger partial charge on any atom is -0.454 e. The number of esters is 1. The number of urea groups is 1. The molecule has 1 aliphatic heterocycles. The fraction of sp³-hybridized carbons (Fsp3) is 0.429. The Bertz CT molecular complexity index is 963. The molecular weight excluding hydrogens is 388 g/mol. The number of hydrogen-bond acceptors (Lipinski definition) is 5. The Morgan fingerprint density at radius 2 is 1.90 bits per heavy atom. The third kappa shape index (κ3) is 4.29. The Morgan fingerprint density at radius 1 is 1.17 bits per heavy atom. The van der Waals surface area contributed by atoms with Crippen LogP contribution in [0.3, 0.4) is 0 Å². The van der Waals surface area contributed by atoms with E-state index in [1.165, 1.54) is 0 Å². The van der Waals surface area contributed by atoms with Crippen LogP contribution in [0.25, 0.3) is 10.9 Å². The lowest BCUT2D eigenvalue weighted by Gasteiger charge is -2.22. The molecule has 0 spiro atoms. The minimum atomic E-state index is -0.975. The first-order valence-corrected chi connectivity index (χ1v) is 10.0. The number of ether oxygens (including phenoxy) is 1. The summed E-state index contributed by atoms with van der Waals surface area (Å²) in [5, 5.41) is 6.43. The molecule has 4 amide bonds. The summed E-state index contributed by atoms with van der Waals surface area (Å²) in [7, 11) is 0. The van der Waals surface area contributed by atoms with E-state index in [4.69, 9.17) is 4.74 Å². The average Bonchev–Trinajstić information content (AvgIpc) is 3.26. The van der Waals surface area contributed by atoms with Crippen LogP contribution in [0.4, 0.5) is 4.79 Å². The second-order valence-corrected chi connectivity index (χ2v) is 7.23. The normalized spacial score (nSPS) is 15.3. The standard InChI is InChI=1S/C21H26N4O5/c1-3-21(4-2)19(28)25(20(29)24-21)12-18(27)30-13-17(26)22-10-9-14-11-23-16-8-6-5-7-15(14)16/h5-8,11,23H,3-4,9-10,12-13H2,1-2H3,(H,22,26)(H,24,29). The number of aromatic amines is 1. The summed E-state index contributed by atoms with van der Waals surface area (Å²) in [6, 6.07) is 7.26. The highest BCUT2D eigenvalue weighted by atomic mass is 16.5. The van der Waals surface area contributed by atoms with Crippen molar-refractivity contribution in [3.05, 3.63) is 36.0 Å². The number of para-hydroxylation sites is 1. The Kier molecular flexibility index (Phi) is 6.39. The number of benzene rings is 1. The molecule has 160 valence electrons. The summed E-state index contributed by atoms with van der Waals surface area (Å²) < 4.78 is 4.92. The van der Waals surface area contributed by atoms with Crippen LogP contribution < -0.4 is 10.6 Å². The lowest BCUT2D eigenvalue weighted by Crippen LogP contribution is -2.46. The third-order valence-electron chi connectivity index (χ3n) is 5.50. The van der Waals surface area contributed by atoms with Crippen LogP contribution >= 0.6 is 0 Å². The lowest BCUT2D eigenvalue weighted by molar-refractivity contribution is -0.151. The van der Waals surface area contributed by atoms with Crippen LogP contribution in [0, 0.1) is 0 Å². The molecule has 3 N–H and O–H groups in total. The smallest absolute Gasteiger partial charge is 0.326 e. The van der Waals surface area contributed by atoms with Crippen LogP contribution in [-0.4, -0.2) is 58.9 Å². The number of hydrogen-bond donors (Lipinski definition) is 3. The van der Waals surface area contributed by atoms with E-state index in [0.717, 1.165) is 21.4 Å². The molecule has 0 unspecified atom stereocenters. The predicted molar refractivity (Wildman–Crippen MR) is 110 cm³/mol. The summed E-state index contributed by atoms with van der Waals surface area (Å²) in [6.45, 7) is 2.99. The van der Waals surface area contributed by atoms with Gasteiger partial charge in [-0.3, -0.25) is 19.3 Å². The van der Waals surface area contributed by atoms with Crippen molar-refractivity contribution in [1.82, 2.24) is 20.5 Å². The Balaban J connectivity index is 1.42. The summed E-state index contributed by atoms with van der Waals surface area (Å²) >= 11 is 0. The number of nitrogens with one attached hydrogen (secondary N) is 3. The Hall–Kier alpha value is -3.36. The summed E-state index contributed by atoms with van der Waals surface area (Å²) in [5.74, 6) is -1.71. The fourth-order valence-corrected chi connectivity index (χ4v) is 3.60. The summed E-state index contributed by atoms with van der Waals surface area (Å²) in [5.41, 5.74) is 1.14. The third-order valence-corrected chi connectivity index (χ3v) is 5.50. The van der Waals surface area contributed by atoms with Gasteiger partial charge in [0.05, 0.1) is 0 Å². The number of rotatable bonds is 9. The van der Waals surface area contributed by atoms with Crippen LogP contribution in [-0.2, 0) is 25.5 Å². The number of amides is 4. The lowest BCUT2D eigenvalue weighted by atomic mass is 9.93. The number of carbonyl (C=O) groups excluding carboxylic acids is 4. The van der Waals surface area contributed by atoms with Gasteiger partial charge in [0.15, 0.2) is 6.61 Å². The van der Waals surface area contributed by atoms with Gasteiger partial charge >= 0.3 is 12.0 Å². The topological polar surface area (TPSA) is 121 Å². The quantitative estimate of drug-likeness (QED) is 0.424. The molecule has 9 nitrogen and oxygen atoms in total. The van der Waals surface area contributed by atoms with Crippen molar-refractivity contribution < 1.29 is 23.9 Å². The average molecular weight is 414 g/mol. The van der Waals surface area contributed by atoms with Crippen LogP contribution in [0.2, 0.25) is 0 Å². The van der Waals surface area contributed by atoms with Gasteiger partial charge in [-0.1, -0.05) is 32.0 Å². The monoisotopic (exact) mass is 414 g/mol.